The Balaban J connectivity index is 0.971. The normalized spacial score (nSPS) is 25.1. The van der Waals surface area contributed by atoms with E-state index >= 15 is 0 Å². The molecule has 7 N–H and O–H groups in total. The number of benzene rings is 3. The smallest absolute Gasteiger partial charge is 0.267 e. The van der Waals surface area contributed by atoms with Gasteiger partial charge in [0, 0.05) is 74.2 Å². The number of amides is 1. The Morgan fingerprint density at radius 3 is 2.56 bits per heavy atom. The number of aliphatic hydroxyl groups excluding tert-OH is 1. The lowest BCUT2D eigenvalue weighted by atomic mass is 9.71. The summed E-state index contributed by atoms with van der Waals surface area (Å²) in [4.78, 5) is 28.8. The Morgan fingerprint density at radius 2 is 1.81 bits per heavy atom. The van der Waals surface area contributed by atoms with Crippen molar-refractivity contribution >= 4 is 72.6 Å². The van der Waals surface area contributed by atoms with Crippen molar-refractivity contribution in [3.05, 3.63) is 106 Å². The third-order valence-corrected chi connectivity index (χ3v) is 16.9. The van der Waals surface area contributed by atoms with Crippen LogP contribution in [0.2, 0.25) is 5.02 Å². The Kier molecular flexibility index (Phi) is 14.5. The highest BCUT2D eigenvalue weighted by atomic mass is 35.5. The molecule has 2 aromatic heterocycles. The Hall–Kier alpha value is -5.35. The number of nitrogens with one attached hydrogen (secondary N) is 4. The standard InChI is InChI=1S/C53H64ClFN8O9S/c1-52(2)27-40(34-7-9-36(54)10-8-34)41(47(64)28-52)30-61-19-18-60(31-46(61)48-6-3-4-20-71-48)37-11-13-39(43(23-37)62-17-5-21-72-51-45(62)22-35-15-16-56-49(35)58-51)50(65)59-73(69,70)38-12-14-42(44(24-38)63(67)68)57-29-33-25-53(66,26-33)32-55/h7-16,22-24,33,46-48,57,63-64,66-67H,3-6,17-21,25-32H2,1-2H3,(H,56,58)(H,59,65)/t33-,46?,47-,48?,53-/m1/s1. The maximum Gasteiger partial charge on any atom is 0.267 e. The fourth-order valence-electron chi connectivity index (χ4n) is 11.5. The van der Waals surface area contributed by atoms with E-state index in [4.69, 9.17) is 26.1 Å². The second-order valence-corrected chi connectivity index (χ2v) is 23.3. The van der Waals surface area contributed by atoms with Crippen LogP contribution in [0.4, 0.5) is 32.8 Å². The first-order chi connectivity index (χ1) is 35.0. The van der Waals surface area contributed by atoms with Crippen LogP contribution < -0.4 is 29.8 Å². The number of aliphatic hydroxyl groups is 2. The third kappa shape index (κ3) is 10.9. The van der Waals surface area contributed by atoms with Crippen LogP contribution in [0.1, 0.15) is 81.1 Å². The quantitative estimate of drug-likeness (QED) is 0.0565. The van der Waals surface area contributed by atoms with Crippen LogP contribution in [0, 0.1) is 16.5 Å². The van der Waals surface area contributed by atoms with Crippen molar-refractivity contribution in [1.29, 1.82) is 0 Å². The number of sulfonamides is 1. The maximum atomic E-state index is 14.6. The summed E-state index contributed by atoms with van der Waals surface area (Å²) < 4.78 is 56.4. The van der Waals surface area contributed by atoms with Crippen molar-refractivity contribution in [2.75, 3.05) is 74.3 Å². The predicted octanol–water partition coefficient (Wildman–Crippen LogP) is 6.88. The molecule has 3 aliphatic heterocycles. The summed E-state index contributed by atoms with van der Waals surface area (Å²) in [6, 6.07) is 20.6. The molecule has 3 aromatic carbocycles. The van der Waals surface area contributed by atoms with E-state index < -0.39 is 44.4 Å². The fourth-order valence-corrected chi connectivity index (χ4v) is 12.6. The summed E-state index contributed by atoms with van der Waals surface area (Å²) >= 11 is 6.34. The van der Waals surface area contributed by atoms with Crippen molar-refractivity contribution in [3.63, 3.8) is 0 Å². The second kappa shape index (κ2) is 20.8. The molecule has 2 aliphatic carbocycles. The number of nitrogens with zero attached hydrogens (tertiary/aromatic N) is 4. The van der Waals surface area contributed by atoms with Gasteiger partial charge in [-0.1, -0.05) is 37.6 Å². The van der Waals surface area contributed by atoms with Crippen LogP contribution in [0.15, 0.2) is 89.5 Å². The van der Waals surface area contributed by atoms with E-state index in [0.29, 0.717) is 86.7 Å². The summed E-state index contributed by atoms with van der Waals surface area (Å²) in [7, 11) is -4.65. The maximum absolute atomic E-state index is 14.6. The number of halogens is 2. The molecule has 20 heteroatoms. The molecular formula is C53H64ClFN8O9S. The minimum Gasteiger partial charge on any atom is -0.595 e. The number of rotatable bonds is 14. The van der Waals surface area contributed by atoms with Gasteiger partial charge in [-0.2, -0.15) is 10.2 Å². The van der Waals surface area contributed by atoms with E-state index in [9.17, 15) is 38.2 Å². The first-order valence-electron chi connectivity index (χ1n) is 25.2. The van der Waals surface area contributed by atoms with Crippen molar-refractivity contribution in [3.8, 4) is 5.88 Å². The number of alkyl halides is 1. The second-order valence-electron chi connectivity index (χ2n) is 21.2. The molecular weight excluding hydrogens is 979 g/mol. The number of hydrogen-bond acceptors (Lipinski definition) is 14. The number of piperazine rings is 1. The number of aromatic nitrogens is 2. The fraction of sp³-hybridized carbons (Fsp3) is 0.472. The van der Waals surface area contributed by atoms with Gasteiger partial charge in [-0.25, -0.2) is 22.7 Å². The number of anilines is 4. The first-order valence-corrected chi connectivity index (χ1v) is 27.1. The lowest BCUT2D eigenvalue weighted by molar-refractivity contribution is -0.990. The van der Waals surface area contributed by atoms with Gasteiger partial charge >= 0.3 is 0 Å². The van der Waals surface area contributed by atoms with Crippen molar-refractivity contribution in [2.45, 2.75) is 94.0 Å². The highest BCUT2D eigenvalue weighted by Gasteiger charge is 2.43. The number of carbonyl (C=O) groups is 1. The van der Waals surface area contributed by atoms with E-state index in [1.54, 1.807) is 12.3 Å². The van der Waals surface area contributed by atoms with Crippen LogP contribution in [-0.2, 0) is 14.8 Å². The van der Waals surface area contributed by atoms with Crippen molar-refractivity contribution in [1.82, 2.24) is 19.6 Å². The van der Waals surface area contributed by atoms with Crippen LogP contribution in [0.5, 0.6) is 5.88 Å². The summed E-state index contributed by atoms with van der Waals surface area (Å²) in [5.74, 6) is -0.673. The number of carbonyl (C=O) groups excluding carboxylic acids is 1. The molecule has 10 rings (SSSR count). The molecule has 2 saturated heterocycles. The van der Waals surface area contributed by atoms with E-state index in [0.717, 1.165) is 59.5 Å². The highest BCUT2D eigenvalue weighted by Crippen LogP contribution is 2.45. The average molecular weight is 1040 g/mol. The van der Waals surface area contributed by atoms with Gasteiger partial charge in [0.1, 0.15) is 18.0 Å². The summed E-state index contributed by atoms with van der Waals surface area (Å²) in [6.45, 7) is 7.60. The number of H-pyrrole nitrogens is 1. The van der Waals surface area contributed by atoms with E-state index in [1.165, 1.54) is 12.1 Å². The number of allylic oxidation sites excluding steroid dienone is 1. The number of hydrogen-bond donors (Lipinski definition) is 7. The molecule has 390 valence electrons. The molecule has 4 atom stereocenters. The van der Waals surface area contributed by atoms with Gasteiger partial charge in [0.05, 0.1) is 52.3 Å². The number of aromatic amines is 1. The average Bonchev–Trinajstić information content (AvgIpc) is 3.73. The minimum atomic E-state index is -4.65. The molecule has 0 bridgehead atoms. The van der Waals surface area contributed by atoms with Crippen molar-refractivity contribution < 1.29 is 47.7 Å². The molecule has 1 saturated carbocycles. The summed E-state index contributed by atoms with van der Waals surface area (Å²) in [5.41, 5.74) is 4.07. The molecule has 5 aliphatic rings. The Morgan fingerprint density at radius 1 is 1.00 bits per heavy atom. The van der Waals surface area contributed by atoms with E-state index in [2.05, 4.69) is 38.7 Å². The van der Waals surface area contributed by atoms with Crippen LogP contribution in [0.3, 0.4) is 0 Å². The lowest BCUT2D eigenvalue weighted by Crippen LogP contribution is -2.99. The van der Waals surface area contributed by atoms with Gasteiger partial charge in [-0.15, -0.1) is 0 Å². The van der Waals surface area contributed by atoms with E-state index in [-0.39, 0.29) is 59.8 Å². The van der Waals surface area contributed by atoms with Gasteiger partial charge < -0.3 is 45.0 Å². The molecule has 0 radical (unpaired) electrons. The molecule has 73 heavy (non-hydrogen) atoms. The monoisotopic (exact) mass is 1040 g/mol. The van der Waals surface area contributed by atoms with Crippen LogP contribution in [-0.4, -0.2) is 128 Å². The van der Waals surface area contributed by atoms with Crippen LogP contribution in [0.25, 0.3) is 16.6 Å². The Labute approximate surface area is 429 Å². The molecule has 1 amide bonds. The topological polar surface area (TPSA) is 220 Å². The van der Waals surface area contributed by atoms with Gasteiger partial charge in [-0.3, -0.25) is 9.69 Å². The number of quaternary nitrogens is 1. The van der Waals surface area contributed by atoms with E-state index in [1.807, 2.05) is 53.4 Å². The molecule has 17 nitrogen and oxygen atoms in total. The number of fused-ring (bicyclic) bond motifs is 2. The van der Waals surface area contributed by atoms with Gasteiger partial charge in [0.15, 0.2) is 5.69 Å². The molecule has 5 heterocycles. The van der Waals surface area contributed by atoms with Gasteiger partial charge in [0.2, 0.25) is 5.88 Å². The summed E-state index contributed by atoms with van der Waals surface area (Å²) in [6.07, 6.45) is 6.45. The number of ether oxygens (including phenoxy) is 2. The predicted molar refractivity (Wildman–Crippen MR) is 277 cm³/mol. The van der Waals surface area contributed by atoms with Crippen LogP contribution >= 0.6 is 11.6 Å². The Bertz CT molecular complexity index is 2980. The summed E-state index contributed by atoms with van der Waals surface area (Å²) in [5, 5.41) is 47.7. The zero-order valence-corrected chi connectivity index (χ0v) is 42.7. The zero-order chi connectivity index (χ0) is 51.2. The minimum absolute atomic E-state index is 0.0537. The first kappa shape index (κ1) is 51.1. The molecule has 5 aromatic rings. The third-order valence-electron chi connectivity index (χ3n) is 15.3. The SMILES string of the molecule is CC1(C)CC(c2ccc(Cl)cc2)=C(CN2CCN(c3ccc(C(=O)NS(=O)(=O)c4ccc(NC[C@H]5C[C@@](O)(CF)C5)c([NH+]([O-])O)c4)c(N4CCCOc5nc6[nH]ccc6cc54)c3)CC2C2CCCCO2)[C@H](O)C1. The zero-order valence-electron chi connectivity index (χ0n) is 41.1. The van der Waals surface area contributed by atoms with Crippen molar-refractivity contribution in [2.24, 2.45) is 11.3 Å². The van der Waals surface area contributed by atoms with Gasteiger partial charge in [-0.05, 0) is 134 Å². The molecule has 3 fully saturated rings. The van der Waals surface area contributed by atoms with Gasteiger partial charge in [0.25, 0.3) is 15.9 Å². The highest BCUT2D eigenvalue weighted by molar-refractivity contribution is 7.90. The lowest BCUT2D eigenvalue weighted by Gasteiger charge is -2.48. The number of pyridine rings is 1. The molecule has 3 unspecified atom stereocenters. The largest absolute Gasteiger partial charge is 0.595 e. The molecule has 0 spiro atoms.